The van der Waals surface area contributed by atoms with E-state index in [-0.39, 0.29) is 6.42 Å². The van der Waals surface area contributed by atoms with Crippen molar-refractivity contribution in [2.24, 2.45) is 0 Å². The first kappa shape index (κ1) is 22.8. The maximum atomic E-state index is 11.9. The molecule has 0 radical (unpaired) electrons. The van der Waals surface area contributed by atoms with E-state index in [0.29, 0.717) is 12.2 Å². The van der Waals surface area contributed by atoms with Crippen LogP contribution in [0.15, 0.2) is 24.3 Å². The minimum atomic E-state index is -1.71. The standard InChI is InChI=1S/C18H25Cl3O3S/c19-16-10-8-15(9-11-16)7-3-1-5-13-25(24)14-6-2-4-12-18(20,21)17(22)23/h8-11H,1-7,12-14H2,(H,22,23). The fourth-order valence-electron chi connectivity index (χ4n) is 2.42. The predicted octanol–water partition coefficient (Wildman–Crippen LogP) is 5.62. The molecule has 1 N–H and O–H groups in total. The van der Waals surface area contributed by atoms with Gasteiger partial charge in [-0.15, -0.1) is 0 Å². The number of unbranched alkanes of at least 4 members (excludes halogenated alkanes) is 4. The number of carbonyl (C=O) groups is 1. The fourth-order valence-corrected chi connectivity index (χ4v) is 4.07. The Bertz CT molecular complexity index is 547. The molecule has 3 nitrogen and oxygen atoms in total. The molecule has 0 aliphatic rings. The molecule has 1 aromatic carbocycles. The van der Waals surface area contributed by atoms with Crippen LogP contribution in [0.4, 0.5) is 0 Å². The normalized spacial score (nSPS) is 12.9. The molecule has 0 aromatic heterocycles. The van der Waals surface area contributed by atoms with Gasteiger partial charge in [-0.25, -0.2) is 4.79 Å². The van der Waals surface area contributed by atoms with Gasteiger partial charge in [-0.3, -0.25) is 4.21 Å². The number of hydrogen-bond acceptors (Lipinski definition) is 2. The predicted molar refractivity (Wildman–Crippen MR) is 107 cm³/mol. The molecular formula is C18H25Cl3O3S. The number of benzene rings is 1. The summed E-state index contributed by atoms with van der Waals surface area (Å²) < 4.78 is 10.2. The second-order valence-electron chi connectivity index (χ2n) is 6.11. The van der Waals surface area contributed by atoms with Crippen molar-refractivity contribution < 1.29 is 14.1 Å². The monoisotopic (exact) mass is 426 g/mol. The van der Waals surface area contributed by atoms with E-state index in [1.807, 2.05) is 24.3 Å². The Kier molecular flexibility index (Phi) is 11.1. The second-order valence-corrected chi connectivity index (χ2v) is 9.72. The Morgan fingerprint density at radius 1 is 0.960 bits per heavy atom. The lowest BCUT2D eigenvalue weighted by molar-refractivity contribution is -0.138. The highest BCUT2D eigenvalue weighted by atomic mass is 35.5. The van der Waals surface area contributed by atoms with Crippen LogP contribution in [0.1, 0.15) is 50.5 Å². The van der Waals surface area contributed by atoms with Gasteiger partial charge in [0.25, 0.3) is 0 Å². The summed E-state index contributed by atoms with van der Waals surface area (Å²) in [6.45, 7) is 0. The van der Waals surface area contributed by atoms with Gasteiger partial charge in [-0.2, -0.15) is 0 Å². The van der Waals surface area contributed by atoms with E-state index in [9.17, 15) is 9.00 Å². The molecule has 0 aliphatic carbocycles. The van der Waals surface area contributed by atoms with E-state index in [2.05, 4.69) is 0 Å². The summed E-state index contributed by atoms with van der Waals surface area (Å²) in [5.41, 5.74) is 1.28. The first-order chi connectivity index (χ1) is 11.8. The molecule has 0 saturated carbocycles. The quantitative estimate of drug-likeness (QED) is 0.328. The van der Waals surface area contributed by atoms with Crippen LogP contribution in [0.5, 0.6) is 0 Å². The average Bonchev–Trinajstić information content (AvgIpc) is 2.55. The Hall–Kier alpha value is -0.290. The molecule has 142 valence electrons. The van der Waals surface area contributed by atoms with Crippen LogP contribution in [0.25, 0.3) is 0 Å². The van der Waals surface area contributed by atoms with Crippen LogP contribution >= 0.6 is 34.8 Å². The van der Waals surface area contributed by atoms with E-state index >= 15 is 0 Å². The third-order valence-electron chi connectivity index (χ3n) is 3.93. The van der Waals surface area contributed by atoms with Crippen molar-refractivity contribution in [2.45, 2.75) is 55.7 Å². The smallest absolute Gasteiger partial charge is 0.340 e. The van der Waals surface area contributed by atoms with Crippen molar-refractivity contribution in [1.82, 2.24) is 0 Å². The van der Waals surface area contributed by atoms with Crippen molar-refractivity contribution in [3.05, 3.63) is 34.9 Å². The van der Waals surface area contributed by atoms with Gasteiger partial charge in [-0.1, -0.05) is 59.8 Å². The van der Waals surface area contributed by atoms with E-state index < -0.39 is 21.1 Å². The summed E-state index contributed by atoms with van der Waals surface area (Å²) >= 11 is 17.2. The zero-order valence-electron chi connectivity index (χ0n) is 14.2. The molecule has 0 amide bonds. The maximum absolute atomic E-state index is 11.9. The van der Waals surface area contributed by atoms with Gasteiger partial charge in [0.1, 0.15) is 0 Å². The molecule has 0 saturated heterocycles. The molecular weight excluding hydrogens is 403 g/mol. The highest BCUT2D eigenvalue weighted by Crippen LogP contribution is 2.28. The molecule has 0 spiro atoms. The zero-order chi connectivity index (χ0) is 18.7. The topological polar surface area (TPSA) is 54.4 Å². The molecule has 25 heavy (non-hydrogen) atoms. The number of carboxylic acid groups (broad SMARTS) is 1. The van der Waals surface area contributed by atoms with Gasteiger partial charge in [0.15, 0.2) is 0 Å². The summed E-state index contributed by atoms with van der Waals surface area (Å²) in [6.07, 6.45) is 6.56. The summed E-state index contributed by atoms with van der Waals surface area (Å²) in [5.74, 6) is 0.171. The van der Waals surface area contributed by atoms with Gasteiger partial charge >= 0.3 is 5.97 Å². The van der Waals surface area contributed by atoms with Crippen LogP contribution in [0.3, 0.4) is 0 Å². The van der Waals surface area contributed by atoms with E-state index in [1.54, 1.807) is 0 Å². The Labute approximate surface area is 167 Å². The molecule has 7 heteroatoms. The third kappa shape index (κ3) is 10.4. The van der Waals surface area contributed by atoms with E-state index in [4.69, 9.17) is 39.9 Å². The Balaban J connectivity index is 2.00. The van der Waals surface area contributed by atoms with Crippen LogP contribution < -0.4 is 0 Å². The lowest BCUT2D eigenvalue weighted by Crippen LogP contribution is -2.25. The largest absolute Gasteiger partial charge is 0.479 e. The van der Waals surface area contributed by atoms with Crippen LogP contribution in [-0.2, 0) is 22.0 Å². The number of hydrogen-bond donors (Lipinski definition) is 1. The number of alkyl halides is 2. The summed E-state index contributed by atoms with van der Waals surface area (Å²) in [5, 5.41) is 9.55. The first-order valence-electron chi connectivity index (χ1n) is 8.52. The number of aliphatic carboxylic acids is 1. The van der Waals surface area contributed by atoms with Crippen molar-refractivity contribution in [3.8, 4) is 0 Å². The van der Waals surface area contributed by atoms with Crippen molar-refractivity contribution in [1.29, 1.82) is 0 Å². The number of aryl methyl sites for hydroxylation is 1. The van der Waals surface area contributed by atoms with Crippen molar-refractivity contribution >= 4 is 51.6 Å². The third-order valence-corrected chi connectivity index (χ3v) is 6.37. The minimum Gasteiger partial charge on any atom is -0.479 e. The first-order valence-corrected chi connectivity index (χ1v) is 11.1. The lowest BCUT2D eigenvalue weighted by atomic mass is 10.1. The Morgan fingerprint density at radius 2 is 1.52 bits per heavy atom. The van der Waals surface area contributed by atoms with Gasteiger partial charge in [-0.05, 0) is 56.2 Å². The molecule has 1 unspecified atom stereocenters. The SMILES string of the molecule is O=C(O)C(Cl)(Cl)CCCCCS(=O)CCCCCc1ccc(Cl)cc1. The van der Waals surface area contributed by atoms with Crippen molar-refractivity contribution in [2.75, 3.05) is 11.5 Å². The number of rotatable bonds is 13. The highest BCUT2D eigenvalue weighted by molar-refractivity contribution is 7.84. The van der Waals surface area contributed by atoms with Gasteiger partial charge < -0.3 is 5.11 Å². The highest BCUT2D eigenvalue weighted by Gasteiger charge is 2.32. The molecule has 1 aromatic rings. The number of carboxylic acids is 1. The molecule has 0 aliphatic heterocycles. The molecule has 1 rings (SSSR count). The van der Waals surface area contributed by atoms with Crippen LogP contribution in [0, 0.1) is 0 Å². The average molecular weight is 428 g/mol. The van der Waals surface area contributed by atoms with Gasteiger partial charge in [0.2, 0.25) is 4.33 Å². The van der Waals surface area contributed by atoms with Crippen molar-refractivity contribution in [3.63, 3.8) is 0 Å². The summed E-state index contributed by atoms with van der Waals surface area (Å²) in [6, 6.07) is 7.89. The fraction of sp³-hybridized carbons (Fsp3) is 0.611. The summed E-state index contributed by atoms with van der Waals surface area (Å²) in [7, 11) is -0.804. The molecule has 0 bridgehead atoms. The van der Waals surface area contributed by atoms with E-state index in [1.165, 1.54) is 5.56 Å². The molecule has 0 fully saturated rings. The maximum Gasteiger partial charge on any atom is 0.340 e. The van der Waals surface area contributed by atoms with E-state index in [0.717, 1.165) is 49.3 Å². The lowest BCUT2D eigenvalue weighted by Gasteiger charge is -2.13. The summed E-state index contributed by atoms with van der Waals surface area (Å²) in [4.78, 5) is 10.8. The van der Waals surface area contributed by atoms with Gasteiger partial charge in [0, 0.05) is 27.3 Å². The zero-order valence-corrected chi connectivity index (χ0v) is 17.3. The van der Waals surface area contributed by atoms with Gasteiger partial charge in [0.05, 0.1) is 0 Å². The van der Waals surface area contributed by atoms with Crippen LogP contribution in [-0.4, -0.2) is 31.1 Å². The second kappa shape index (κ2) is 12.2. The molecule has 1 atom stereocenters. The number of halogens is 3. The molecule has 0 heterocycles. The Morgan fingerprint density at radius 3 is 2.08 bits per heavy atom. The minimum absolute atomic E-state index is 0.211. The van der Waals surface area contributed by atoms with Crippen LogP contribution in [0.2, 0.25) is 5.02 Å².